The molecule has 1 heterocycles. The summed E-state index contributed by atoms with van der Waals surface area (Å²) in [7, 11) is 0. The minimum Gasteiger partial charge on any atom is -0.394 e. The van der Waals surface area contributed by atoms with E-state index < -0.39 is 0 Å². The van der Waals surface area contributed by atoms with Gasteiger partial charge >= 0.3 is 0 Å². The van der Waals surface area contributed by atoms with Crippen molar-refractivity contribution >= 4 is 5.82 Å². The quantitative estimate of drug-likeness (QED) is 0.864. The van der Waals surface area contributed by atoms with Crippen LogP contribution in [0.1, 0.15) is 52.0 Å². The van der Waals surface area contributed by atoms with Crippen LogP contribution in [-0.4, -0.2) is 22.2 Å². The first-order valence-corrected chi connectivity index (χ1v) is 6.81. The van der Waals surface area contributed by atoms with Crippen molar-refractivity contribution in [1.29, 1.82) is 0 Å². The van der Waals surface area contributed by atoms with Gasteiger partial charge < -0.3 is 10.4 Å². The van der Waals surface area contributed by atoms with Crippen LogP contribution in [-0.2, 0) is 5.41 Å². The molecule has 0 atom stereocenters. The number of aromatic nitrogens is 1. The third kappa shape index (κ3) is 2.83. The molecule has 1 aromatic rings. The maximum Gasteiger partial charge on any atom is 0.126 e. The number of rotatable bonds is 3. The summed E-state index contributed by atoms with van der Waals surface area (Å²) in [6.07, 6.45) is 6.38. The molecule has 100 valence electrons. The molecule has 0 unspecified atom stereocenters. The zero-order valence-electron chi connectivity index (χ0n) is 11.7. The smallest absolute Gasteiger partial charge is 0.126 e. The van der Waals surface area contributed by atoms with Crippen LogP contribution in [0.15, 0.2) is 18.3 Å². The second-order valence-corrected chi connectivity index (χ2v) is 6.45. The molecule has 18 heavy (non-hydrogen) atoms. The first-order chi connectivity index (χ1) is 8.45. The van der Waals surface area contributed by atoms with Crippen molar-refractivity contribution in [1.82, 2.24) is 4.98 Å². The SMILES string of the molecule is CC(C)(C)c1ccc(NC2(CO)CCCC2)nc1. The Balaban J connectivity index is 2.11. The number of hydrogen-bond acceptors (Lipinski definition) is 3. The molecular formula is C15H24N2O. The zero-order valence-corrected chi connectivity index (χ0v) is 11.7. The van der Waals surface area contributed by atoms with Crippen LogP contribution in [0, 0.1) is 0 Å². The third-order valence-corrected chi connectivity index (χ3v) is 3.89. The molecule has 2 rings (SSSR count). The highest BCUT2D eigenvalue weighted by atomic mass is 16.3. The maximum atomic E-state index is 9.57. The van der Waals surface area contributed by atoms with Crippen molar-refractivity contribution in [3.05, 3.63) is 23.9 Å². The highest BCUT2D eigenvalue weighted by Gasteiger charge is 2.33. The Kier molecular flexibility index (Phi) is 3.62. The topological polar surface area (TPSA) is 45.1 Å². The van der Waals surface area contributed by atoms with Gasteiger partial charge in [-0.25, -0.2) is 4.98 Å². The number of nitrogens with one attached hydrogen (secondary N) is 1. The summed E-state index contributed by atoms with van der Waals surface area (Å²) in [5.41, 5.74) is 1.22. The molecule has 1 aromatic heterocycles. The number of aliphatic hydroxyl groups excluding tert-OH is 1. The van der Waals surface area contributed by atoms with Crippen molar-refractivity contribution in [2.45, 2.75) is 57.4 Å². The average Bonchev–Trinajstić information content (AvgIpc) is 2.78. The van der Waals surface area contributed by atoms with Crippen LogP contribution in [0.4, 0.5) is 5.82 Å². The van der Waals surface area contributed by atoms with Gasteiger partial charge in [-0.05, 0) is 29.9 Å². The van der Waals surface area contributed by atoms with Gasteiger partial charge in [0.15, 0.2) is 0 Å². The fourth-order valence-corrected chi connectivity index (χ4v) is 2.56. The molecular weight excluding hydrogens is 224 g/mol. The van der Waals surface area contributed by atoms with Gasteiger partial charge in [0, 0.05) is 6.20 Å². The zero-order chi connectivity index (χ0) is 13.2. The lowest BCUT2D eigenvalue weighted by Gasteiger charge is -2.29. The molecule has 0 aromatic carbocycles. The lowest BCUT2D eigenvalue weighted by atomic mass is 9.88. The molecule has 0 bridgehead atoms. The normalized spacial score (nSPS) is 18.9. The fraction of sp³-hybridized carbons (Fsp3) is 0.667. The van der Waals surface area contributed by atoms with Crippen LogP contribution in [0.3, 0.4) is 0 Å². The number of aliphatic hydroxyl groups is 1. The summed E-state index contributed by atoms with van der Waals surface area (Å²) < 4.78 is 0. The molecule has 1 aliphatic rings. The first-order valence-electron chi connectivity index (χ1n) is 6.81. The summed E-state index contributed by atoms with van der Waals surface area (Å²) in [5, 5.41) is 13.0. The summed E-state index contributed by atoms with van der Waals surface area (Å²) in [6.45, 7) is 6.74. The predicted octanol–water partition coefficient (Wildman–Crippen LogP) is 3.10. The highest BCUT2D eigenvalue weighted by molar-refractivity contribution is 5.40. The minimum absolute atomic E-state index is 0.132. The van der Waals surface area contributed by atoms with Crippen LogP contribution >= 0.6 is 0 Å². The van der Waals surface area contributed by atoms with Gasteiger partial charge in [0.05, 0.1) is 12.1 Å². The van der Waals surface area contributed by atoms with Gasteiger partial charge in [0.25, 0.3) is 0 Å². The van der Waals surface area contributed by atoms with E-state index in [-0.39, 0.29) is 17.6 Å². The van der Waals surface area contributed by atoms with E-state index in [0.29, 0.717) is 0 Å². The van der Waals surface area contributed by atoms with Crippen molar-refractivity contribution in [2.24, 2.45) is 0 Å². The Morgan fingerprint density at radius 2 is 1.94 bits per heavy atom. The Hall–Kier alpha value is -1.09. The molecule has 0 spiro atoms. The van der Waals surface area contributed by atoms with Crippen molar-refractivity contribution in [2.75, 3.05) is 11.9 Å². The highest BCUT2D eigenvalue weighted by Crippen LogP contribution is 2.32. The van der Waals surface area contributed by atoms with E-state index in [2.05, 4.69) is 37.1 Å². The van der Waals surface area contributed by atoms with E-state index in [9.17, 15) is 5.11 Å². The largest absolute Gasteiger partial charge is 0.394 e. The number of anilines is 1. The monoisotopic (exact) mass is 248 g/mol. The molecule has 3 heteroatoms. The molecule has 1 saturated carbocycles. The summed E-state index contributed by atoms with van der Waals surface area (Å²) >= 11 is 0. The van der Waals surface area contributed by atoms with Gasteiger partial charge in [-0.1, -0.05) is 39.7 Å². The third-order valence-electron chi connectivity index (χ3n) is 3.89. The molecule has 0 saturated heterocycles. The van der Waals surface area contributed by atoms with E-state index in [1.54, 1.807) is 0 Å². The van der Waals surface area contributed by atoms with Gasteiger partial charge in [-0.3, -0.25) is 0 Å². The lowest BCUT2D eigenvalue weighted by molar-refractivity contribution is 0.214. The Morgan fingerprint density at radius 3 is 2.39 bits per heavy atom. The van der Waals surface area contributed by atoms with Gasteiger partial charge in [0.1, 0.15) is 5.82 Å². The van der Waals surface area contributed by atoms with E-state index in [4.69, 9.17) is 0 Å². The number of nitrogens with zero attached hydrogens (tertiary/aromatic N) is 1. The van der Waals surface area contributed by atoms with Crippen molar-refractivity contribution in [3.8, 4) is 0 Å². The van der Waals surface area contributed by atoms with Crippen LogP contribution in [0.25, 0.3) is 0 Å². The fourth-order valence-electron chi connectivity index (χ4n) is 2.56. The van der Waals surface area contributed by atoms with Gasteiger partial charge in [-0.15, -0.1) is 0 Å². The Labute approximate surface area is 110 Å². The standard InChI is InChI=1S/C15H24N2O/c1-14(2,3)12-6-7-13(16-10-12)17-15(11-18)8-4-5-9-15/h6-7,10,18H,4-5,8-9,11H2,1-3H3,(H,16,17). The first kappa shape index (κ1) is 13.3. The summed E-state index contributed by atoms with van der Waals surface area (Å²) in [5.74, 6) is 0.874. The molecule has 1 aliphatic carbocycles. The molecule has 0 aliphatic heterocycles. The Morgan fingerprint density at radius 1 is 1.28 bits per heavy atom. The summed E-state index contributed by atoms with van der Waals surface area (Å²) in [6, 6.07) is 4.14. The van der Waals surface area contributed by atoms with E-state index in [0.717, 1.165) is 18.7 Å². The van der Waals surface area contributed by atoms with Crippen LogP contribution in [0.2, 0.25) is 0 Å². The van der Waals surface area contributed by atoms with E-state index in [1.165, 1.54) is 18.4 Å². The number of hydrogen-bond donors (Lipinski definition) is 2. The predicted molar refractivity (Wildman–Crippen MR) is 74.8 cm³/mol. The maximum absolute atomic E-state index is 9.57. The molecule has 1 fully saturated rings. The Bertz CT molecular complexity index is 386. The lowest BCUT2D eigenvalue weighted by Crippen LogP contribution is -2.39. The van der Waals surface area contributed by atoms with Gasteiger partial charge in [-0.2, -0.15) is 0 Å². The van der Waals surface area contributed by atoms with Gasteiger partial charge in [0.2, 0.25) is 0 Å². The van der Waals surface area contributed by atoms with Crippen LogP contribution in [0.5, 0.6) is 0 Å². The van der Waals surface area contributed by atoms with Crippen molar-refractivity contribution in [3.63, 3.8) is 0 Å². The van der Waals surface area contributed by atoms with Crippen molar-refractivity contribution < 1.29 is 5.11 Å². The minimum atomic E-state index is -0.143. The molecule has 2 N–H and O–H groups in total. The second kappa shape index (κ2) is 4.88. The molecule has 3 nitrogen and oxygen atoms in total. The average molecular weight is 248 g/mol. The molecule has 0 radical (unpaired) electrons. The summed E-state index contributed by atoms with van der Waals surface area (Å²) in [4.78, 5) is 4.48. The number of pyridine rings is 1. The van der Waals surface area contributed by atoms with Crippen LogP contribution < -0.4 is 5.32 Å². The molecule has 0 amide bonds. The second-order valence-electron chi connectivity index (χ2n) is 6.45. The van der Waals surface area contributed by atoms with E-state index >= 15 is 0 Å². The van der Waals surface area contributed by atoms with E-state index in [1.807, 2.05) is 12.3 Å².